The van der Waals surface area contributed by atoms with Gasteiger partial charge in [-0.05, 0) is 50.9 Å². The van der Waals surface area contributed by atoms with Crippen LogP contribution in [-0.4, -0.2) is 64.6 Å². The molecule has 1 aromatic carbocycles. The van der Waals surface area contributed by atoms with E-state index < -0.39 is 13.0 Å². The summed E-state index contributed by atoms with van der Waals surface area (Å²) in [7, 11) is 3.60. The lowest BCUT2D eigenvalue weighted by molar-refractivity contribution is 0.0814. The van der Waals surface area contributed by atoms with Crippen LogP contribution in [0.25, 0.3) is 33.3 Å². The van der Waals surface area contributed by atoms with Crippen LogP contribution < -0.4 is 9.47 Å². The summed E-state index contributed by atoms with van der Waals surface area (Å²) in [6.07, 6.45) is 2.39. The Labute approximate surface area is 200 Å². The van der Waals surface area contributed by atoms with Gasteiger partial charge in [0.15, 0.2) is 5.75 Å². The molecule has 1 aliphatic heterocycles. The van der Waals surface area contributed by atoms with Crippen LogP contribution in [0.5, 0.6) is 11.6 Å². The van der Waals surface area contributed by atoms with Crippen molar-refractivity contribution >= 4 is 21.9 Å². The van der Waals surface area contributed by atoms with E-state index in [1.807, 2.05) is 12.1 Å². The van der Waals surface area contributed by atoms with Gasteiger partial charge in [-0.1, -0.05) is 6.07 Å². The second-order valence-corrected chi connectivity index (χ2v) is 8.96. The zero-order valence-corrected chi connectivity index (χ0v) is 19.7. The Bertz CT molecular complexity index is 1420. The largest absolute Gasteiger partial charge is 0.485 e. The van der Waals surface area contributed by atoms with E-state index in [0.29, 0.717) is 56.6 Å². The maximum atomic E-state index is 13.2. The highest BCUT2D eigenvalue weighted by Gasteiger charge is 2.29. The summed E-state index contributed by atoms with van der Waals surface area (Å²) in [5.74, 6) is 1.33. The number of fused-ring (bicyclic) bond motifs is 2. The highest BCUT2D eigenvalue weighted by Crippen LogP contribution is 2.42. The Balaban J connectivity index is 1.67. The average molecular weight is 481 g/mol. The topological polar surface area (TPSA) is 103 Å². The number of halogens is 2. The molecular weight excluding hydrogens is 454 g/mol. The highest BCUT2D eigenvalue weighted by atomic mass is 19.3. The summed E-state index contributed by atoms with van der Waals surface area (Å²) in [5.41, 5.74) is 3.68. The number of aromatic nitrogens is 4. The van der Waals surface area contributed by atoms with E-state index >= 15 is 0 Å². The third kappa shape index (κ3) is 4.06. The van der Waals surface area contributed by atoms with E-state index in [0.717, 1.165) is 24.9 Å². The molecule has 8 nitrogen and oxygen atoms in total. The van der Waals surface area contributed by atoms with E-state index in [2.05, 4.69) is 39.9 Å². The molecule has 1 fully saturated rings. The number of methoxy groups -OCH3 is 1. The molecule has 0 radical (unpaired) electrons. The fourth-order valence-corrected chi connectivity index (χ4v) is 4.91. The molecule has 0 saturated carbocycles. The number of imidazole rings is 1. The van der Waals surface area contributed by atoms with Crippen molar-refractivity contribution in [3.63, 3.8) is 0 Å². The number of hydrogen-bond acceptors (Lipinski definition) is 6. The molecule has 0 spiro atoms. The number of aromatic amines is 2. The summed E-state index contributed by atoms with van der Waals surface area (Å²) in [6, 6.07) is 6.38. The van der Waals surface area contributed by atoms with Crippen LogP contribution in [0.1, 0.15) is 36.8 Å². The number of benzene rings is 1. The van der Waals surface area contributed by atoms with Crippen LogP contribution in [0.15, 0.2) is 24.5 Å². The van der Waals surface area contributed by atoms with Crippen LogP contribution in [0.4, 0.5) is 8.78 Å². The van der Waals surface area contributed by atoms with Crippen molar-refractivity contribution in [1.82, 2.24) is 24.8 Å². The smallest absolute Gasteiger partial charge is 0.272 e. The van der Waals surface area contributed by atoms with Crippen LogP contribution in [0, 0.1) is 11.3 Å². The maximum Gasteiger partial charge on any atom is 0.272 e. The monoisotopic (exact) mass is 480 g/mol. The number of hydrogen-bond donors (Lipinski definition) is 2. The summed E-state index contributed by atoms with van der Waals surface area (Å²) in [6.45, 7) is 2.38. The SMILES string of the molecule is COc1ncc2c(C#N)c[nH]c2c1-c1nc2c(OCC(F)F)c(C3CCN(C)C(C)C3)ccc2[nH]1. The van der Waals surface area contributed by atoms with Crippen molar-refractivity contribution in [3.8, 4) is 29.1 Å². The molecular formula is C25H26F2N6O2. The standard InChI is InChI=1S/C25H26F2N6O2/c1-13-8-14(6-7-33(13)2)16-4-5-18-22(23(16)35-12-19(26)27)32-24(31-18)20-21-17(11-30-25(20)34-3)15(9-28)10-29-21/h4-5,10-11,13-14,19,29H,6-8,12H2,1-3H3,(H,31,32). The first-order valence-electron chi connectivity index (χ1n) is 11.5. The molecule has 182 valence electrons. The molecule has 1 saturated heterocycles. The van der Waals surface area contributed by atoms with E-state index in [1.54, 1.807) is 12.4 Å². The molecule has 35 heavy (non-hydrogen) atoms. The minimum atomic E-state index is -2.60. The Morgan fingerprint density at radius 1 is 1.34 bits per heavy atom. The van der Waals surface area contributed by atoms with Gasteiger partial charge in [-0.2, -0.15) is 5.26 Å². The Kier molecular flexibility index (Phi) is 6.03. The lowest BCUT2D eigenvalue weighted by atomic mass is 9.85. The molecule has 0 amide bonds. The number of piperidine rings is 1. The minimum Gasteiger partial charge on any atom is -0.485 e. The number of nitrogens with one attached hydrogen (secondary N) is 2. The summed E-state index contributed by atoms with van der Waals surface area (Å²) < 4.78 is 37.5. The summed E-state index contributed by atoms with van der Waals surface area (Å²) in [5, 5.41) is 10.1. The summed E-state index contributed by atoms with van der Waals surface area (Å²) >= 11 is 0. The van der Waals surface area contributed by atoms with Crippen molar-refractivity contribution in [2.24, 2.45) is 0 Å². The molecule has 2 atom stereocenters. The molecule has 4 heterocycles. The van der Waals surface area contributed by atoms with Gasteiger partial charge < -0.3 is 24.3 Å². The quantitative estimate of drug-likeness (QED) is 0.410. The van der Waals surface area contributed by atoms with Crippen molar-refractivity contribution in [1.29, 1.82) is 5.26 Å². The highest BCUT2D eigenvalue weighted by molar-refractivity contribution is 5.99. The fraction of sp³-hybridized carbons (Fsp3) is 0.400. The van der Waals surface area contributed by atoms with Crippen molar-refractivity contribution in [2.45, 2.75) is 38.2 Å². The average Bonchev–Trinajstić information content (AvgIpc) is 3.47. The van der Waals surface area contributed by atoms with Gasteiger partial charge in [0.25, 0.3) is 6.43 Å². The van der Waals surface area contributed by atoms with Crippen LogP contribution in [-0.2, 0) is 0 Å². The molecule has 3 aromatic heterocycles. The van der Waals surface area contributed by atoms with Gasteiger partial charge in [-0.3, -0.25) is 0 Å². The van der Waals surface area contributed by atoms with E-state index in [-0.39, 0.29) is 5.92 Å². The first kappa shape index (κ1) is 23.1. The van der Waals surface area contributed by atoms with Crippen molar-refractivity contribution in [2.75, 3.05) is 27.3 Å². The van der Waals surface area contributed by atoms with Gasteiger partial charge in [0.1, 0.15) is 29.6 Å². The number of ether oxygens (including phenoxy) is 2. The van der Waals surface area contributed by atoms with Gasteiger partial charge in [-0.15, -0.1) is 0 Å². The van der Waals surface area contributed by atoms with Gasteiger partial charge in [0, 0.05) is 23.8 Å². The molecule has 1 aliphatic rings. The second-order valence-electron chi connectivity index (χ2n) is 8.96. The number of likely N-dealkylation sites (tertiary alicyclic amines) is 1. The van der Waals surface area contributed by atoms with Gasteiger partial charge in [0.05, 0.1) is 23.7 Å². The first-order valence-corrected chi connectivity index (χ1v) is 11.5. The molecule has 5 rings (SSSR count). The number of H-pyrrole nitrogens is 2. The van der Waals surface area contributed by atoms with E-state index in [1.165, 1.54) is 7.11 Å². The van der Waals surface area contributed by atoms with Crippen molar-refractivity contribution < 1.29 is 18.3 Å². The summed E-state index contributed by atoms with van der Waals surface area (Å²) in [4.78, 5) is 17.8. The third-order valence-electron chi connectivity index (χ3n) is 6.89. The molecule has 2 N–H and O–H groups in total. The molecule has 10 heteroatoms. The molecule has 0 aliphatic carbocycles. The van der Waals surface area contributed by atoms with Gasteiger partial charge in [-0.25, -0.2) is 18.7 Å². The molecule has 0 bridgehead atoms. The maximum absolute atomic E-state index is 13.2. The first-order chi connectivity index (χ1) is 16.9. The second kappa shape index (κ2) is 9.15. The predicted octanol–water partition coefficient (Wildman–Crippen LogP) is 4.83. The predicted molar refractivity (Wildman–Crippen MR) is 128 cm³/mol. The molecule has 2 unspecified atom stereocenters. The number of nitriles is 1. The Hall–Kier alpha value is -3.71. The van der Waals surface area contributed by atoms with Gasteiger partial charge >= 0.3 is 0 Å². The fourth-order valence-electron chi connectivity index (χ4n) is 4.91. The number of rotatable bonds is 6. The van der Waals surface area contributed by atoms with Crippen molar-refractivity contribution in [3.05, 3.63) is 35.7 Å². The lowest BCUT2D eigenvalue weighted by Gasteiger charge is -2.35. The normalized spacial score (nSPS) is 18.9. The zero-order valence-electron chi connectivity index (χ0n) is 19.7. The number of nitrogens with zero attached hydrogens (tertiary/aromatic N) is 4. The van der Waals surface area contributed by atoms with E-state index in [9.17, 15) is 14.0 Å². The van der Waals surface area contributed by atoms with Crippen LogP contribution >= 0.6 is 0 Å². The van der Waals surface area contributed by atoms with Crippen LogP contribution in [0.3, 0.4) is 0 Å². The Morgan fingerprint density at radius 3 is 2.89 bits per heavy atom. The number of pyridine rings is 1. The minimum absolute atomic E-state index is 0.180. The Morgan fingerprint density at radius 2 is 2.17 bits per heavy atom. The zero-order chi connectivity index (χ0) is 24.7. The van der Waals surface area contributed by atoms with Gasteiger partial charge in [0.2, 0.25) is 5.88 Å². The number of alkyl halides is 2. The van der Waals surface area contributed by atoms with E-state index in [4.69, 9.17) is 14.5 Å². The van der Waals surface area contributed by atoms with Crippen LogP contribution in [0.2, 0.25) is 0 Å². The lowest BCUT2D eigenvalue weighted by Crippen LogP contribution is -2.37. The third-order valence-corrected chi connectivity index (χ3v) is 6.89. The molecule has 4 aromatic rings.